The van der Waals surface area contributed by atoms with E-state index in [1.165, 1.54) is 0 Å². The molecule has 1 amide bonds. The Morgan fingerprint density at radius 1 is 1.03 bits per heavy atom. The standard InChI is InChI=1S/C24H20N2O5/c1-14-20(15(2)31-26-14)12-28-22-10-17-6-4-3-5-16(17)9-19(22)24(27)25-18-7-8-21-23(11-18)30-13-29-21/h3-11H,12-13H2,1-2H3,(H,25,27). The van der Waals surface area contributed by atoms with Gasteiger partial charge in [-0.2, -0.15) is 0 Å². The molecular weight excluding hydrogens is 396 g/mol. The van der Waals surface area contributed by atoms with Gasteiger partial charge in [-0.3, -0.25) is 4.79 Å². The number of anilines is 1. The highest BCUT2D eigenvalue weighted by Gasteiger charge is 2.19. The molecule has 7 heteroatoms. The molecule has 1 aromatic heterocycles. The van der Waals surface area contributed by atoms with Crippen molar-refractivity contribution in [3.8, 4) is 17.2 Å². The molecule has 7 nitrogen and oxygen atoms in total. The number of carbonyl (C=O) groups is 1. The van der Waals surface area contributed by atoms with E-state index < -0.39 is 0 Å². The quantitative estimate of drug-likeness (QED) is 0.493. The van der Waals surface area contributed by atoms with Crippen LogP contribution in [0.1, 0.15) is 27.4 Å². The van der Waals surface area contributed by atoms with Crippen LogP contribution >= 0.6 is 0 Å². The number of hydrogen-bond donors (Lipinski definition) is 1. The fraction of sp³-hybridized carbons (Fsp3) is 0.167. The van der Waals surface area contributed by atoms with Crippen LogP contribution in [0.15, 0.2) is 59.1 Å². The minimum Gasteiger partial charge on any atom is -0.488 e. The maximum absolute atomic E-state index is 13.2. The fourth-order valence-electron chi connectivity index (χ4n) is 3.55. The van der Waals surface area contributed by atoms with Gasteiger partial charge in [0.15, 0.2) is 11.5 Å². The Kier molecular flexibility index (Phi) is 4.71. The van der Waals surface area contributed by atoms with Gasteiger partial charge in [-0.15, -0.1) is 0 Å². The molecule has 1 aliphatic heterocycles. The monoisotopic (exact) mass is 416 g/mol. The average Bonchev–Trinajstić information content (AvgIpc) is 3.37. The van der Waals surface area contributed by atoms with Crippen LogP contribution in [0.3, 0.4) is 0 Å². The van der Waals surface area contributed by atoms with Crippen LogP contribution in [-0.4, -0.2) is 17.9 Å². The van der Waals surface area contributed by atoms with E-state index in [1.54, 1.807) is 18.2 Å². The van der Waals surface area contributed by atoms with Crippen molar-refractivity contribution in [2.75, 3.05) is 12.1 Å². The highest BCUT2D eigenvalue weighted by Crippen LogP contribution is 2.35. The van der Waals surface area contributed by atoms with Crippen LogP contribution in [0.2, 0.25) is 0 Å². The Labute approximate surface area is 178 Å². The second kappa shape index (κ2) is 7.68. The van der Waals surface area contributed by atoms with Gasteiger partial charge in [0.1, 0.15) is 18.1 Å². The van der Waals surface area contributed by atoms with Crippen LogP contribution in [0.4, 0.5) is 5.69 Å². The first kappa shape index (κ1) is 19.0. The van der Waals surface area contributed by atoms with E-state index in [0.717, 1.165) is 22.0 Å². The summed E-state index contributed by atoms with van der Waals surface area (Å²) in [5.41, 5.74) is 2.68. The maximum atomic E-state index is 13.2. The third-order valence-corrected chi connectivity index (χ3v) is 5.28. The zero-order valence-corrected chi connectivity index (χ0v) is 17.1. The number of fused-ring (bicyclic) bond motifs is 2. The van der Waals surface area contributed by atoms with Gasteiger partial charge >= 0.3 is 0 Å². The molecule has 5 rings (SSSR count). The van der Waals surface area contributed by atoms with Crippen molar-refractivity contribution in [1.29, 1.82) is 0 Å². The van der Waals surface area contributed by atoms with Crippen LogP contribution in [-0.2, 0) is 6.61 Å². The highest BCUT2D eigenvalue weighted by molar-refractivity contribution is 6.08. The smallest absolute Gasteiger partial charge is 0.259 e. The second-order valence-corrected chi connectivity index (χ2v) is 7.31. The summed E-state index contributed by atoms with van der Waals surface area (Å²) >= 11 is 0. The first-order chi connectivity index (χ1) is 15.1. The number of benzene rings is 3. The molecule has 0 saturated heterocycles. The van der Waals surface area contributed by atoms with E-state index in [-0.39, 0.29) is 19.3 Å². The molecular formula is C24H20N2O5. The number of rotatable bonds is 5. The number of nitrogens with zero attached hydrogens (tertiary/aromatic N) is 1. The summed E-state index contributed by atoms with van der Waals surface area (Å²) in [6.07, 6.45) is 0. The Morgan fingerprint density at radius 2 is 1.81 bits per heavy atom. The molecule has 0 spiro atoms. The molecule has 0 saturated carbocycles. The lowest BCUT2D eigenvalue weighted by Gasteiger charge is -2.14. The predicted molar refractivity (Wildman–Crippen MR) is 115 cm³/mol. The highest BCUT2D eigenvalue weighted by atomic mass is 16.7. The molecule has 0 fully saturated rings. The summed E-state index contributed by atoms with van der Waals surface area (Å²) in [6, 6.07) is 16.8. The molecule has 0 atom stereocenters. The van der Waals surface area contributed by atoms with E-state index in [1.807, 2.05) is 50.2 Å². The molecule has 1 N–H and O–H groups in total. The lowest BCUT2D eigenvalue weighted by molar-refractivity contribution is 0.102. The number of amides is 1. The van der Waals surface area contributed by atoms with Crippen molar-refractivity contribution in [2.45, 2.75) is 20.5 Å². The fourth-order valence-corrected chi connectivity index (χ4v) is 3.55. The third kappa shape index (κ3) is 3.66. The molecule has 0 radical (unpaired) electrons. The summed E-state index contributed by atoms with van der Waals surface area (Å²) in [6.45, 7) is 4.14. The predicted octanol–water partition coefficient (Wildman–Crippen LogP) is 5.00. The van der Waals surface area contributed by atoms with Crippen LogP contribution in [0, 0.1) is 13.8 Å². The van der Waals surface area contributed by atoms with Crippen molar-refractivity contribution >= 4 is 22.4 Å². The number of ether oxygens (including phenoxy) is 3. The van der Waals surface area contributed by atoms with E-state index >= 15 is 0 Å². The van der Waals surface area contributed by atoms with Crippen LogP contribution < -0.4 is 19.5 Å². The van der Waals surface area contributed by atoms with E-state index in [2.05, 4.69) is 10.5 Å². The molecule has 1 aliphatic rings. The minimum atomic E-state index is -0.279. The first-order valence-corrected chi connectivity index (χ1v) is 9.87. The van der Waals surface area contributed by atoms with Gasteiger partial charge in [-0.05, 0) is 48.9 Å². The summed E-state index contributed by atoms with van der Waals surface area (Å²) < 4.78 is 22.0. The second-order valence-electron chi connectivity index (χ2n) is 7.31. The molecule has 31 heavy (non-hydrogen) atoms. The van der Waals surface area contributed by atoms with Gasteiger partial charge < -0.3 is 24.1 Å². The summed E-state index contributed by atoms with van der Waals surface area (Å²) in [5, 5.41) is 8.82. The lowest BCUT2D eigenvalue weighted by Crippen LogP contribution is -2.14. The minimum absolute atomic E-state index is 0.178. The van der Waals surface area contributed by atoms with Gasteiger partial charge in [0, 0.05) is 11.8 Å². The van der Waals surface area contributed by atoms with Crippen molar-refractivity contribution in [3.63, 3.8) is 0 Å². The Hall–Kier alpha value is -4.00. The number of nitrogens with one attached hydrogen (secondary N) is 1. The lowest BCUT2D eigenvalue weighted by atomic mass is 10.0. The van der Waals surface area contributed by atoms with Crippen molar-refractivity contribution in [2.24, 2.45) is 0 Å². The Morgan fingerprint density at radius 3 is 2.58 bits per heavy atom. The molecule has 0 aliphatic carbocycles. The van der Waals surface area contributed by atoms with Gasteiger partial charge in [-0.1, -0.05) is 29.4 Å². The third-order valence-electron chi connectivity index (χ3n) is 5.28. The van der Waals surface area contributed by atoms with E-state index in [9.17, 15) is 4.79 Å². The molecule has 0 bridgehead atoms. The van der Waals surface area contributed by atoms with Crippen molar-refractivity contribution < 1.29 is 23.5 Å². The van der Waals surface area contributed by atoms with E-state index in [4.69, 9.17) is 18.7 Å². The number of aromatic nitrogens is 1. The molecule has 0 unspecified atom stereocenters. The van der Waals surface area contributed by atoms with Crippen molar-refractivity contribution in [1.82, 2.24) is 5.16 Å². The van der Waals surface area contributed by atoms with Gasteiger partial charge in [0.2, 0.25) is 6.79 Å². The number of aryl methyl sites for hydroxylation is 2. The van der Waals surface area contributed by atoms with Crippen LogP contribution in [0.25, 0.3) is 10.8 Å². The van der Waals surface area contributed by atoms with Gasteiger partial charge in [-0.25, -0.2) is 0 Å². The largest absolute Gasteiger partial charge is 0.488 e. The molecule has 3 aromatic carbocycles. The van der Waals surface area contributed by atoms with Gasteiger partial charge in [0.05, 0.1) is 16.8 Å². The zero-order chi connectivity index (χ0) is 21.4. The molecule has 4 aromatic rings. The molecule has 156 valence electrons. The Bertz CT molecular complexity index is 1280. The number of carbonyl (C=O) groups excluding carboxylic acids is 1. The van der Waals surface area contributed by atoms with Crippen molar-refractivity contribution in [3.05, 3.63) is 77.2 Å². The normalized spacial score (nSPS) is 12.2. The first-order valence-electron chi connectivity index (χ1n) is 9.87. The SMILES string of the molecule is Cc1noc(C)c1COc1cc2ccccc2cc1C(=O)Nc1ccc2c(c1)OCO2. The van der Waals surface area contributed by atoms with Gasteiger partial charge in [0.25, 0.3) is 5.91 Å². The average molecular weight is 416 g/mol. The topological polar surface area (TPSA) is 82.8 Å². The van der Waals surface area contributed by atoms with E-state index in [0.29, 0.717) is 34.3 Å². The zero-order valence-electron chi connectivity index (χ0n) is 17.1. The Balaban J connectivity index is 1.47. The summed E-state index contributed by atoms with van der Waals surface area (Å²) in [4.78, 5) is 13.2. The molecule has 2 heterocycles. The maximum Gasteiger partial charge on any atom is 0.259 e. The van der Waals surface area contributed by atoms with Crippen LogP contribution in [0.5, 0.6) is 17.2 Å². The number of hydrogen-bond acceptors (Lipinski definition) is 6. The summed E-state index contributed by atoms with van der Waals surface area (Å²) in [5.74, 6) is 2.17. The summed E-state index contributed by atoms with van der Waals surface area (Å²) in [7, 11) is 0.